The van der Waals surface area contributed by atoms with Gasteiger partial charge in [-0.25, -0.2) is 4.98 Å². The van der Waals surface area contributed by atoms with Crippen LogP contribution < -0.4 is 0 Å². The molecule has 0 saturated carbocycles. The Morgan fingerprint density at radius 1 is 1.16 bits per heavy atom. The fourth-order valence-corrected chi connectivity index (χ4v) is 2.05. The lowest BCUT2D eigenvalue weighted by molar-refractivity contribution is -0.384. The molecular weight excluding hydrogens is 242 g/mol. The maximum Gasteiger partial charge on any atom is 0.269 e. The number of hydrogen-bond acceptors (Lipinski definition) is 3. The quantitative estimate of drug-likeness (QED) is 0.532. The van der Waals surface area contributed by atoms with E-state index in [-0.39, 0.29) is 5.69 Å². The molecule has 0 N–H and O–H groups in total. The molecule has 94 valence electrons. The van der Waals surface area contributed by atoms with E-state index in [1.165, 1.54) is 12.1 Å². The van der Waals surface area contributed by atoms with Crippen LogP contribution in [0.4, 0.5) is 5.69 Å². The number of pyridine rings is 1. The highest BCUT2D eigenvalue weighted by Crippen LogP contribution is 2.15. The van der Waals surface area contributed by atoms with Crippen LogP contribution in [0, 0.1) is 10.1 Å². The number of nitro benzene ring substituents is 1. The smallest absolute Gasteiger partial charge is 0.269 e. The van der Waals surface area contributed by atoms with Crippen molar-refractivity contribution in [3.63, 3.8) is 0 Å². The third-order valence-corrected chi connectivity index (χ3v) is 3.02. The van der Waals surface area contributed by atoms with Gasteiger partial charge in [0.1, 0.15) is 5.82 Å². The summed E-state index contributed by atoms with van der Waals surface area (Å²) in [7, 11) is 0. The first-order chi connectivity index (χ1) is 9.24. The van der Waals surface area contributed by atoms with Crippen molar-refractivity contribution in [3.8, 4) is 0 Å². The van der Waals surface area contributed by atoms with E-state index in [9.17, 15) is 10.1 Å². The van der Waals surface area contributed by atoms with E-state index in [0.717, 1.165) is 16.9 Å². The maximum absolute atomic E-state index is 10.6. The molecule has 0 aliphatic carbocycles. The molecule has 5 nitrogen and oxygen atoms in total. The molecule has 0 amide bonds. The van der Waals surface area contributed by atoms with E-state index in [1.807, 2.05) is 35.0 Å². The molecular formula is C14H11N3O2. The molecule has 5 heteroatoms. The Hall–Kier alpha value is -2.69. The number of benzene rings is 1. The van der Waals surface area contributed by atoms with Crippen molar-refractivity contribution in [1.82, 2.24) is 9.38 Å². The predicted octanol–water partition coefficient (Wildman–Crippen LogP) is 2.83. The summed E-state index contributed by atoms with van der Waals surface area (Å²) in [6.07, 6.45) is 4.43. The van der Waals surface area contributed by atoms with Gasteiger partial charge in [-0.3, -0.25) is 10.1 Å². The summed E-state index contributed by atoms with van der Waals surface area (Å²) < 4.78 is 2.02. The second-order valence-corrected chi connectivity index (χ2v) is 4.27. The van der Waals surface area contributed by atoms with Gasteiger partial charge < -0.3 is 4.40 Å². The number of nitrogens with zero attached hydrogens (tertiary/aromatic N) is 3. The van der Waals surface area contributed by atoms with E-state index in [0.29, 0.717) is 6.42 Å². The maximum atomic E-state index is 10.6. The zero-order valence-corrected chi connectivity index (χ0v) is 10.1. The summed E-state index contributed by atoms with van der Waals surface area (Å²) >= 11 is 0. The highest BCUT2D eigenvalue weighted by molar-refractivity contribution is 5.46. The SMILES string of the molecule is O=[N+]([O-])c1ccc(Cc2ncc3ccccn23)cc1. The topological polar surface area (TPSA) is 60.4 Å². The fraction of sp³-hybridized carbons (Fsp3) is 0.0714. The zero-order valence-electron chi connectivity index (χ0n) is 10.1. The summed E-state index contributed by atoms with van der Waals surface area (Å²) in [5.74, 6) is 0.921. The van der Waals surface area contributed by atoms with E-state index < -0.39 is 4.92 Å². The van der Waals surface area contributed by atoms with Crippen LogP contribution in [-0.4, -0.2) is 14.3 Å². The first-order valence-corrected chi connectivity index (χ1v) is 5.88. The molecule has 0 fully saturated rings. The van der Waals surface area contributed by atoms with Gasteiger partial charge in [0.15, 0.2) is 0 Å². The molecule has 2 heterocycles. The highest BCUT2D eigenvalue weighted by Gasteiger charge is 2.07. The Labute approximate surface area is 109 Å². The van der Waals surface area contributed by atoms with Gasteiger partial charge in [0.05, 0.1) is 16.6 Å². The number of imidazole rings is 1. The van der Waals surface area contributed by atoms with E-state index in [2.05, 4.69) is 4.98 Å². The summed E-state index contributed by atoms with van der Waals surface area (Å²) in [5, 5.41) is 10.6. The summed E-state index contributed by atoms with van der Waals surface area (Å²) in [5.41, 5.74) is 2.15. The highest BCUT2D eigenvalue weighted by atomic mass is 16.6. The third-order valence-electron chi connectivity index (χ3n) is 3.02. The molecule has 0 atom stereocenters. The average Bonchev–Trinajstić information content (AvgIpc) is 2.83. The van der Waals surface area contributed by atoms with Gasteiger partial charge in [-0.2, -0.15) is 0 Å². The Morgan fingerprint density at radius 3 is 2.68 bits per heavy atom. The summed E-state index contributed by atoms with van der Waals surface area (Å²) in [4.78, 5) is 14.6. The molecule has 1 aromatic carbocycles. The van der Waals surface area contributed by atoms with Gasteiger partial charge in [0.2, 0.25) is 0 Å². The second-order valence-electron chi connectivity index (χ2n) is 4.27. The summed E-state index contributed by atoms with van der Waals surface area (Å²) in [6, 6.07) is 12.5. The Morgan fingerprint density at radius 2 is 1.95 bits per heavy atom. The van der Waals surface area contributed by atoms with Crippen LogP contribution in [-0.2, 0) is 6.42 Å². The Balaban J connectivity index is 1.90. The molecule has 3 rings (SSSR count). The molecule has 0 saturated heterocycles. The number of fused-ring (bicyclic) bond motifs is 1. The molecule has 3 aromatic rings. The van der Waals surface area contributed by atoms with Crippen LogP contribution in [0.5, 0.6) is 0 Å². The van der Waals surface area contributed by atoms with Crippen molar-refractivity contribution in [2.45, 2.75) is 6.42 Å². The predicted molar refractivity (Wildman–Crippen MR) is 71.1 cm³/mol. The number of hydrogen-bond donors (Lipinski definition) is 0. The van der Waals surface area contributed by atoms with Crippen LogP contribution in [0.25, 0.3) is 5.52 Å². The van der Waals surface area contributed by atoms with E-state index in [4.69, 9.17) is 0 Å². The normalized spacial score (nSPS) is 10.7. The van der Waals surface area contributed by atoms with Crippen LogP contribution in [0.2, 0.25) is 0 Å². The number of nitro groups is 1. The van der Waals surface area contributed by atoms with Crippen molar-refractivity contribution in [2.24, 2.45) is 0 Å². The number of aromatic nitrogens is 2. The molecule has 0 aliphatic rings. The van der Waals surface area contributed by atoms with Gasteiger partial charge in [0, 0.05) is 24.8 Å². The largest absolute Gasteiger partial charge is 0.303 e. The minimum absolute atomic E-state index is 0.108. The fourth-order valence-electron chi connectivity index (χ4n) is 2.05. The van der Waals surface area contributed by atoms with Crippen LogP contribution in [0.15, 0.2) is 54.9 Å². The first kappa shape index (κ1) is 11.4. The van der Waals surface area contributed by atoms with Crippen molar-refractivity contribution in [1.29, 1.82) is 0 Å². The van der Waals surface area contributed by atoms with Gasteiger partial charge in [-0.05, 0) is 17.7 Å². The van der Waals surface area contributed by atoms with Crippen LogP contribution >= 0.6 is 0 Å². The zero-order chi connectivity index (χ0) is 13.2. The standard InChI is InChI=1S/C14H11N3O2/c18-17(19)12-6-4-11(5-7-12)9-14-15-10-13-3-1-2-8-16(13)14/h1-8,10H,9H2. The lowest BCUT2D eigenvalue weighted by Crippen LogP contribution is -1.96. The van der Waals surface area contributed by atoms with Gasteiger partial charge in [-0.1, -0.05) is 18.2 Å². The van der Waals surface area contributed by atoms with E-state index >= 15 is 0 Å². The molecule has 0 radical (unpaired) electrons. The lowest BCUT2D eigenvalue weighted by atomic mass is 10.1. The van der Waals surface area contributed by atoms with Crippen LogP contribution in [0.3, 0.4) is 0 Å². The molecule has 0 spiro atoms. The number of non-ortho nitro benzene ring substituents is 1. The van der Waals surface area contributed by atoms with Gasteiger partial charge >= 0.3 is 0 Å². The van der Waals surface area contributed by atoms with Crippen molar-refractivity contribution >= 4 is 11.2 Å². The molecule has 19 heavy (non-hydrogen) atoms. The third kappa shape index (κ3) is 2.18. The minimum Gasteiger partial charge on any atom is -0.303 e. The number of rotatable bonds is 3. The summed E-state index contributed by atoms with van der Waals surface area (Å²) in [6.45, 7) is 0. The molecule has 2 aromatic heterocycles. The van der Waals surface area contributed by atoms with Crippen molar-refractivity contribution < 1.29 is 4.92 Å². The molecule has 0 aliphatic heterocycles. The Kier molecular flexibility index (Phi) is 2.72. The van der Waals surface area contributed by atoms with Crippen LogP contribution in [0.1, 0.15) is 11.4 Å². The second kappa shape index (κ2) is 4.53. The first-order valence-electron chi connectivity index (χ1n) is 5.88. The van der Waals surface area contributed by atoms with Crippen molar-refractivity contribution in [3.05, 3.63) is 76.4 Å². The van der Waals surface area contributed by atoms with Crippen molar-refractivity contribution in [2.75, 3.05) is 0 Å². The average molecular weight is 253 g/mol. The van der Waals surface area contributed by atoms with Gasteiger partial charge in [-0.15, -0.1) is 0 Å². The molecule has 0 bridgehead atoms. The molecule has 0 unspecified atom stereocenters. The Bertz CT molecular complexity index is 732. The lowest BCUT2D eigenvalue weighted by Gasteiger charge is -2.01. The monoisotopic (exact) mass is 253 g/mol. The van der Waals surface area contributed by atoms with Gasteiger partial charge in [0.25, 0.3) is 5.69 Å². The minimum atomic E-state index is -0.394. The van der Waals surface area contributed by atoms with E-state index in [1.54, 1.807) is 12.1 Å².